The largest absolute Gasteiger partial charge is 0.484 e. The molecule has 0 aliphatic rings. The normalized spacial score (nSPS) is 10.6. The Morgan fingerprint density at radius 1 is 1.20 bits per heavy atom. The van der Waals surface area contributed by atoms with Crippen molar-refractivity contribution in [1.82, 2.24) is 15.3 Å². The van der Waals surface area contributed by atoms with E-state index in [0.717, 1.165) is 12.1 Å². The van der Waals surface area contributed by atoms with E-state index in [0.29, 0.717) is 28.2 Å². The van der Waals surface area contributed by atoms with E-state index >= 15 is 0 Å². The molecule has 106 valence electrons. The number of nitrogens with zero attached hydrogens (tertiary/aromatic N) is 2. The van der Waals surface area contributed by atoms with Gasteiger partial charge in [0.05, 0.1) is 5.02 Å². The molecule has 0 unspecified atom stereocenters. The van der Waals surface area contributed by atoms with Gasteiger partial charge >= 0.3 is 0 Å². The molecule has 20 heavy (non-hydrogen) atoms. The van der Waals surface area contributed by atoms with Gasteiger partial charge in [0.2, 0.25) is 0 Å². The summed E-state index contributed by atoms with van der Waals surface area (Å²) in [4.78, 5) is 8.22. The molecule has 0 aliphatic carbocycles. The minimum Gasteiger partial charge on any atom is -0.484 e. The summed E-state index contributed by atoms with van der Waals surface area (Å²) < 4.78 is 5.75. The lowest BCUT2D eigenvalue weighted by Gasteiger charge is -2.13. The zero-order chi connectivity index (χ0) is 14.4. The van der Waals surface area contributed by atoms with Crippen LogP contribution in [0, 0.1) is 0 Å². The van der Waals surface area contributed by atoms with E-state index in [1.54, 1.807) is 24.5 Å². The van der Waals surface area contributed by atoms with Crippen molar-refractivity contribution in [3.05, 3.63) is 52.0 Å². The molecular formula is C14H15Cl2N3O. The van der Waals surface area contributed by atoms with Crippen molar-refractivity contribution >= 4 is 23.2 Å². The third kappa shape index (κ3) is 4.07. The van der Waals surface area contributed by atoms with Crippen molar-refractivity contribution < 1.29 is 4.74 Å². The summed E-state index contributed by atoms with van der Waals surface area (Å²) in [5.41, 5.74) is 0.917. The average Bonchev–Trinajstić information content (AvgIpc) is 2.45. The molecule has 2 rings (SSSR count). The fourth-order valence-corrected chi connectivity index (χ4v) is 2.30. The van der Waals surface area contributed by atoms with E-state index in [-0.39, 0.29) is 6.61 Å². The Balaban J connectivity index is 2.16. The standard InChI is InChI=1S/C14H15Cl2N3O/c1-2-17-8-10-6-11(15)7-12(16)14(10)20-9-13-18-4-3-5-19-13/h3-7,17H,2,8-9H2,1H3. The van der Waals surface area contributed by atoms with Crippen molar-refractivity contribution in [2.75, 3.05) is 6.54 Å². The maximum Gasteiger partial charge on any atom is 0.166 e. The van der Waals surface area contributed by atoms with Gasteiger partial charge in [0.15, 0.2) is 5.82 Å². The summed E-state index contributed by atoms with van der Waals surface area (Å²) in [6, 6.07) is 5.27. The lowest BCUT2D eigenvalue weighted by molar-refractivity contribution is 0.292. The van der Waals surface area contributed by atoms with Crippen LogP contribution >= 0.6 is 23.2 Å². The highest BCUT2D eigenvalue weighted by atomic mass is 35.5. The zero-order valence-electron chi connectivity index (χ0n) is 11.1. The number of hydrogen-bond acceptors (Lipinski definition) is 4. The highest BCUT2D eigenvalue weighted by Crippen LogP contribution is 2.32. The van der Waals surface area contributed by atoms with Gasteiger partial charge in [-0.15, -0.1) is 0 Å². The number of benzene rings is 1. The van der Waals surface area contributed by atoms with Gasteiger partial charge in [0.1, 0.15) is 12.4 Å². The summed E-state index contributed by atoms with van der Waals surface area (Å²) in [6.07, 6.45) is 3.35. The summed E-state index contributed by atoms with van der Waals surface area (Å²) in [5, 5.41) is 4.31. The number of halogens is 2. The average molecular weight is 312 g/mol. The van der Waals surface area contributed by atoms with Crippen LogP contribution < -0.4 is 10.1 Å². The van der Waals surface area contributed by atoms with E-state index in [9.17, 15) is 0 Å². The summed E-state index contributed by atoms with van der Waals surface area (Å²) >= 11 is 12.2. The Kier molecular flexibility index (Phi) is 5.59. The number of nitrogens with one attached hydrogen (secondary N) is 1. The van der Waals surface area contributed by atoms with Gasteiger partial charge in [-0.3, -0.25) is 0 Å². The fraction of sp³-hybridized carbons (Fsp3) is 0.286. The Labute approximate surface area is 128 Å². The molecule has 0 spiro atoms. The van der Waals surface area contributed by atoms with Crippen LogP contribution in [-0.2, 0) is 13.2 Å². The monoisotopic (exact) mass is 311 g/mol. The van der Waals surface area contributed by atoms with Crippen molar-refractivity contribution in [3.8, 4) is 5.75 Å². The Bertz CT molecular complexity index is 564. The van der Waals surface area contributed by atoms with Gasteiger partial charge in [-0.25, -0.2) is 9.97 Å². The molecule has 0 bridgehead atoms. The molecule has 0 atom stereocenters. The molecule has 6 heteroatoms. The van der Waals surface area contributed by atoms with Gasteiger partial charge < -0.3 is 10.1 Å². The second-order valence-electron chi connectivity index (χ2n) is 4.11. The Morgan fingerprint density at radius 2 is 1.95 bits per heavy atom. The van der Waals surface area contributed by atoms with Crippen LogP contribution in [0.3, 0.4) is 0 Å². The van der Waals surface area contributed by atoms with Crippen LogP contribution in [0.25, 0.3) is 0 Å². The smallest absolute Gasteiger partial charge is 0.166 e. The van der Waals surface area contributed by atoms with Gasteiger partial charge in [0.25, 0.3) is 0 Å². The molecule has 0 aliphatic heterocycles. The quantitative estimate of drug-likeness (QED) is 0.887. The first-order valence-corrected chi connectivity index (χ1v) is 7.03. The van der Waals surface area contributed by atoms with Crippen LogP contribution in [0.5, 0.6) is 5.75 Å². The molecular weight excluding hydrogens is 297 g/mol. The lowest BCUT2D eigenvalue weighted by atomic mass is 10.2. The summed E-state index contributed by atoms with van der Waals surface area (Å²) in [5.74, 6) is 1.22. The van der Waals surface area contributed by atoms with E-state index in [1.807, 2.05) is 13.0 Å². The molecule has 2 aromatic rings. The van der Waals surface area contributed by atoms with Crippen LogP contribution in [-0.4, -0.2) is 16.5 Å². The number of hydrogen-bond donors (Lipinski definition) is 1. The SMILES string of the molecule is CCNCc1cc(Cl)cc(Cl)c1OCc1ncccn1. The molecule has 1 N–H and O–H groups in total. The third-order valence-electron chi connectivity index (χ3n) is 2.62. The second kappa shape index (κ2) is 7.43. The third-order valence-corrected chi connectivity index (χ3v) is 3.11. The predicted molar refractivity (Wildman–Crippen MR) is 80.2 cm³/mol. The molecule has 0 fully saturated rings. The first kappa shape index (κ1) is 15.0. The van der Waals surface area contributed by atoms with Crippen LogP contribution in [0.1, 0.15) is 18.3 Å². The molecule has 1 aromatic heterocycles. The van der Waals surface area contributed by atoms with E-state index in [4.69, 9.17) is 27.9 Å². The summed E-state index contributed by atoms with van der Waals surface area (Å²) in [6.45, 7) is 3.79. The van der Waals surface area contributed by atoms with Gasteiger partial charge in [-0.2, -0.15) is 0 Å². The number of rotatable bonds is 6. The van der Waals surface area contributed by atoms with Crippen molar-refractivity contribution in [2.24, 2.45) is 0 Å². The second-order valence-corrected chi connectivity index (χ2v) is 4.95. The molecule has 0 radical (unpaired) electrons. The maximum absolute atomic E-state index is 6.20. The van der Waals surface area contributed by atoms with Crippen LogP contribution in [0.15, 0.2) is 30.6 Å². The number of ether oxygens (including phenoxy) is 1. The number of aromatic nitrogens is 2. The first-order valence-electron chi connectivity index (χ1n) is 6.28. The Hall–Kier alpha value is -1.36. The van der Waals surface area contributed by atoms with Crippen LogP contribution in [0.4, 0.5) is 0 Å². The van der Waals surface area contributed by atoms with Crippen molar-refractivity contribution in [1.29, 1.82) is 0 Å². The molecule has 0 saturated carbocycles. The first-order chi connectivity index (χ1) is 9.70. The molecule has 1 heterocycles. The van der Waals surface area contributed by atoms with Gasteiger partial charge in [-0.05, 0) is 24.7 Å². The highest BCUT2D eigenvalue weighted by Gasteiger charge is 2.11. The molecule has 0 amide bonds. The van der Waals surface area contributed by atoms with E-state index in [2.05, 4.69) is 15.3 Å². The molecule has 1 aromatic carbocycles. The van der Waals surface area contributed by atoms with E-state index < -0.39 is 0 Å². The van der Waals surface area contributed by atoms with Gasteiger partial charge in [0, 0.05) is 29.5 Å². The van der Waals surface area contributed by atoms with Crippen molar-refractivity contribution in [3.63, 3.8) is 0 Å². The molecule has 0 saturated heterocycles. The van der Waals surface area contributed by atoms with Gasteiger partial charge in [-0.1, -0.05) is 30.1 Å². The minimum atomic E-state index is 0.265. The maximum atomic E-state index is 6.20. The molecule has 4 nitrogen and oxygen atoms in total. The fourth-order valence-electron chi connectivity index (χ4n) is 1.71. The summed E-state index contributed by atoms with van der Waals surface area (Å²) in [7, 11) is 0. The van der Waals surface area contributed by atoms with Crippen LogP contribution in [0.2, 0.25) is 10.0 Å². The predicted octanol–water partition coefficient (Wildman–Crippen LogP) is 3.47. The Morgan fingerprint density at radius 3 is 2.65 bits per heavy atom. The lowest BCUT2D eigenvalue weighted by Crippen LogP contribution is -2.13. The highest BCUT2D eigenvalue weighted by molar-refractivity contribution is 6.35. The van der Waals surface area contributed by atoms with Crippen molar-refractivity contribution in [2.45, 2.75) is 20.1 Å². The zero-order valence-corrected chi connectivity index (χ0v) is 12.6. The van der Waals surface area contributed by atoms with E-state index in [1.165, 1.54) is 0 Å². The topological polar surface area (TPSA) is 47.0 Å². The minimum absolute atomic E-state index is 0.265.